The SMILES string of the molecule is O=C(O)CNC(=O)c1c(O)c2cccc3c2n(c1=O)C(c1ccc(C(F)(F)F)cc1)CN3. The van der Waals surface area contributed by atoms with Crippen LogP contribution < -0.4 is 16.2 Å². The summed E-state index contributed by atoms with van der Waals surface area (Å²) in [5, 5.41) is 24.7. The van der Waals surface area contributed by atoms with Crippen LogP contribution in [-0.4, -0.2) is 39.7 Å². The number of carboxylic acids is 1. The summed E-state index contributed by atoms with van der Waals surface area (Å²) in [6.07, 6.45) is -4.52. The van der Waals surface area contributed by atoms with Crippen LogP contribution in [0.25, 0.3) is 10.9 Å². The van der Waals surface area contributed by atoms with Crippen molar-refractivity contribution in [1.82, 2.24) is 9.88 Å². The topological polar surface area (TPSA) is 121 Å². The number of nitrogens with one attached hydrogen (secondary N) is 2. The maximum Gasteiger partial charge on any atom is 0.416 e. The van der Waals surface area contributed by atoms with E-state index in [2.05, 4.69) is 10.6 Å². The van der Waals surface area contributed by atoms with Crippen LogP contribution in [0.4, 0.5) is 18.9 Å². The molecule has 0 spiro atoms. The molecule has 0 fully saturated rings. The summed E-state index contributed by atoms with van der Waals surface area (Å²) in [6.45, 7) is -0.627. The Bertz CT molecular complexity index is 1300. The second-order valence-electron chi connectivity index (χ2n) is 7.19. The fraction of sp³-hybridized carbons (Fsp3) is 0.190. The van der Waals surface area contributed by atoms with E-state index in [9.17, 15) is 32.7 Å². The number of aromatic hydroxyl groups is 1. The van der Waals surface area contributed by atoms with E-state index in [0.717, 1.165) is 12.1 Å². The highest BCUT2D eigenvalue weighted by Crippen LogP contribution is 2.37. The van der Waals surface area contributed by atoms with Crippen LogP contribution in [0.15, 0.2) is 47.3 Å². The number of carbonyl (C=O) groups is 2. The van der Waals surface area contributed by atoms with Gasteiger partial charge in [0.15, 0.2) is 0 Å². The first kappa shape index (κ1) is 21.2. The zero-order valence-electron chi connectivity index (χ0n) is 16.2. The van der Waals surface area contributed by atoms with Crippen molar-refractivity contribution in [2.45, 2.75) is 12.2 Å². The van der Waals surface area contributed by atoms with Crippen LogP contribution in [0.3, 0.4) is 0 Å². The summed E-state index contributed by atoms with van der Waals surface area (Å²) < 4.78 is 40.1. The highest BCUT2D eigenvalue weighted by molar-refractivity contribution is 6.05. The van der Waals surface area contributed by atoms with Gasteiger partial charge in [0.2, 0.25) is 0 Å². The van der Waals surface area contributed by atoms with E-state index < -0.39 is 53.1 Å². The van der Waals surface area contributed by atoms with E-state index in [1.54, 1.807) is 12.1 Å². The zero-order valence-corrected chi connectivity index (χ0v) is 16.2. The smallest absolute Gasteiger partial charge is 0.416 e. The second kappa shape index (κ2) is 7.59. The van der Waals surface area contributed by atoms with Crippen LogP contribution in [-0.2, 0) is 11.0 Å². The Balaban J connectivity index is 1.91. The molecule has 0 aliphatic carbocycles. The number of rotatable bonds is 4. The molecule has 0 saturated carbocycles. The molecule has 3 aromatic rings. The number of alkyl halides is 3. The molecule has 1 aliphatic rings. The second-order valence-corrected chi connectivity index (χ2v) is 7.19. The van der Waals surface area contributed by atoms with Gasteiger partial charge in [-0.25, -0.2) is 0 Å². The average molecular weight is 447 g/mol. The molecule has 1 unspecified atom stereocenters. The first-order valence-electron chi connectivity index (χ1n) is 9.40. The van der Waals surface area contributed by atoms with E-state index in [1.807, 2.05) is 0 Å². The summed E-state index contributed by atoms with van der Waals surface area (Å²) in [6, 6.07) is 8.25. The van der Waals surface area contributed by atoms with Gasteiger partial charge < -0.3 is 20.8 Å². The lowest BCUT2D eigenvalue weighted by molar-refractivity contribution is -0.138. The minimum absolute atomic E-state index is 0.137. The van der Waals surface area contributed by atoms with Crippen molar-refractivity contribution >= 4 is 28.5 Å². The van der Waals surface area contributed by atoms with Crippen molar-refractivity contribution in [3.63, 3.8) is 0 Å². The maximum atomic E-state index is 13.3. The fourth-order valence-electron chi connectivity index (χ4n) is 3.80. The number of aliphatic carboxylic acids is 1. The fourth-order valence-corrected chi connectivity index (χ4v) is 3.80. The Hall–Kier alpha value is -4.02. The molecule has 2 heterocycles. The number of benzene rings is 2. The molecule has 8 nitrogen and oxygen atoms in total. The van der Waals surface area contributed by atoms with E-state index in [1.165, 1.54) is 22.8 Å². The standard InChI is InChI=1S/C21H16F3N3O5/c22-21(23,24)11-6-4-10(5-7-11)14-8-25-13-3-1-2-12-17(13)27(14)20(32)16(18(12)30)19(31)26-9-15(28)29/h1-7,14,25,30H,8-9H2,(H,26,31)(H,28,29). The lowest BCUT2D eigenvalue weighted by Gasteiger charge is -2.30. The van der Waals surface area contributed by atoms with Gasteiger partial charge in [-0.05, 0) is 29.8 Å². The Morgan fingerprint density at radius 2 is 1.84 bits per heavy atom. The monoisotopic (exact) mass is 447 g/mol. The molecular weight excluding hydrogens is 431 g/mol. The molecule has 2 aromatic carbocycles. The van der Waals surface area contributed by atoms with Crippen molar-refractivity contribution in [2.75, 3.05) is 18.4 Å². The maximum absolute atomic E-state index is 13.3. The molecule has 0 saturated heterocycles. The predicted molar refractivity (Wildman–Crippen MR) is 108 cm³/mol. The van der Waals surface area contributed by atoms with Gasteiger partial charge in [0.05, 0.1) is 22.8 Å². The molecule has 1 amide bonds. The highest BCUT2D eigenvalue weighted by atomic mass is 19.4. The van der Waals surface area contributed by atoms with Crippen LogP contribution >= 0.6 is 0 Å². The predicted octanol–water partition coefficient (Wildman–Crippen LogP) is 2.56. The number of pyridine rings is 1. The van der Waals surface area contributed by atoms with Gasteiger partial charge in [-0.15, -0.1) is 0 Å². The molecule has 0 radical (unpaired) electrons. The number of amides is 1. The third-order valence-electron chi connectivity index (χ3n) is 5.25. The van der Waals surface area contributed by atoms with Gasteiger partial charge in [0.25, 0.3) is 11.5 Å². The summed E-state index contributed by atoms with van der Waals surface area (Å²) in [5.74, 6) is -3.02. The Kier molecular flexibility index (Phi) is 5.03. The van der Waals surface area contributed by atoms with Crippen LogP contribution in [0.5, 0.6) is 5.75 Å². The van der Waals surface area contributed by atoms with Crippen molar-refractivity contribution in [3.05, 3.63) is 69.5 Å². The number of hydrogen-bond acceptors (Lipinski definition) is 5. The minimum Gasteiger partial charge on any atom is -0.506 e. The molecule has 1 atom stereocenters. The molecule has 166 valence electrons. The van der Waals surface area contributed by atoms with Gasteiger partial charge in [-0.1, -0.05) is 18.2 Å². The molecule has 4 N–H and O–H groups in total. The third-order valence-corrected chi connectivity index (χ3v) is 5.25. The lowest BCUT2D eigenvalue weighted by Crippen LogP contribution is -2.40. The number of hydrogen-bond donors (Lipinski definition) is 4. The first-order valence-corrected chi connectivity index (χ1v) is 9.40. The van der Waals surface area contributed by atoms with E-state index in [4.69, 9.17) is 5.11 Å². The van der Waals surface area contributed by atoms with E-state index >= 15 is 0 Å². The number of carboxylic acid groups (broad SMARTS) is 1. The summed E-state index contributed by atoms with van der Waals surface area (Å²) in [4.78, 5) is 36.6. The lowest BCUT2D eigenvalue weighted by atomic mass is 9.99. The molecule has 1 aromatic heterocycles. The normalized spacial score (nSPS) is 15.3. The van der Waals surface area contributed by atoms with Crippen molar-refractivity contribution in [1.29, 1.82) is 0 Å². The zero-order chi connectivity index (χ0) is 23.2. The molecular formula is C21H16F3N3O5. The average Bonchev–Trinajstić information content (AvgIpc) is 2.75. The number of para-hydroxylation sites is 1. The van der Waals surface area contributed by atoms with Gasteiger partial charge in [-0.3, -0.25) is 19.0 Å². The Labute approximate surface area is 177 Å². The molecule has 11 heteroatoms. The molecule has 32 heavy (non-hydrogen) atoms. The van der Waals surface area contributed by atoms with Gasteiger partial charge >= 0.3 is 12.1 Å². The van der Waals surface area contributed by atoms with E-state index in [-0.39, 0.29) is 17.4 Å². The molecule has 0 bridgehead atoms. The summed E-state index contributed by atoms with van der Waals surface area (Å²) >= 11 is 0. The quantitative estimate of drug-likeness (QED) is 0.488. The van der Waals surface area contributed by atoms with Crippen molar-refractivity contribution < 1.29 is 33.0 Å². The summed E-state index contributed by atoms with van der Waals surface area (Å²) in [5.41, 5.74) is -1.23. The van der Waals surface area contributed by atoms with Crippen molar-refractivity contribution in [2.24, 2.45) is 0 Å². The Morgan fingerprint density at radius 1 is 1.16 bits per heavy atom. The number of carbonyl (C=O) groups excluding carboxylic acids is 1. The number of halogens is 3. The third kappa shape index (κ3) is 3.51. The minimum atomic E-state index is -4.52. The van der Waals surface area contributed by atoms with Crippen molar-refractivity contribution in [3.8, 4) is 5.75 Å². The summed E-state index contributed by atoms with van der Waals surface area (Å²) in [7, 11) is 0. The molecule has 1 aliphatic heterocycles. The number of anilines is 1. The van der Waals surface area contributed by atoms with Gasteiger partial charge in [0, 0.05) is 11.9 Å². The van der Waals surface area contributed by atoms with Gasteiger partial charge in [0.1, 0.15) is 17.9 Å². The van der Waals surface area contributed by atoms with Crippen LogP contribution in [0.1, 0.15) is 27.5 Å². The first-order chi connectivity index (χ1) is 15.1. The van der Waals surface area contributed by atoms with Gasteiger partial charge in [-0.2, -0.15) is 13.2 Å². The largest absolute Gasteiger partial charge is 0.506 e. The van der Waals surface area contributed by atoms with Crippen LogP contribution in [0.2, 0.25) is 0 Å². The Morgan fingerprint density at radius 3 is 2.47 bits per heavy atom. The molecule has 4 rings (SSSR count). The van der Waals surface area contributed by atoms with Crippen LogP contribution in [0, 0.1) is 0 Å². The van der Waals surface area contributed by atoms with E-state index in [0.29, 0.717) is 11.3 Å². The highest BCUT2D eigenvalue weighted by Gasteiger charge is 2.32. The number of nitrogens with zero attached hydrogens (tertiary/aromatic N) is 1. The number of aromatic nitrogens is 1.